The topological polar surface area (TPSA) is 94.8 Å². The Labute approximate surface area is 220 Å². The molecule has 1 saturated heterocycles. The van der Waals surface area contributed by atoms with Gasteiger partial charge in [-0.1, -0.05) is 36.8 Å². The number of pyridine rings is 1. The Morgan fingerprint density at radius 2 is 1.86 bits per heavy atom. The van der Waals surface area contributed by atoms with Crippen molar-refractivity contribution in [2.24, 2.45) is 11.7 Å². The molecule has 37 heavy (non-hydrogen) atoms. The standard InChI is InChI=1S/C29H40N6O2/c1-33(2)29(24-9-4-3-5-10-24)14-12-28(13-15-29)21-34(27(37)35(28)19-22-7-6-8-22)20-26(36)32-25-17-23(18-30)11-16-31-25/h3-5,9-11,16-17,22H,6-8,12-15,18-21,30H2,1-2H3,(H,31,32,36)/t28-,29+. The third-order valence-electron chi connectivity index (χ3n) is 9.06. The molecule has 198 valence electrons. The lowest BCUT2D eigenvalue weighted by Gasteiger charge is -2.51. The van der Waals surface area contributed by atoms with Crippen molar-refractivity contribution in [2.45, 2.75) is 62.6 Å². The number of nitrogens with one attached hydrogen (secondary N) is 1. The Hall–Kier alpha value is -2.97. The Bertz CT molecular complexity index is 1110. The van der Waals surface area contributed by atoms with Gasteiger partial charge in [-0.25, -0.2) is 9.78 Å². The molecule has 2 aromatic rings. The summed E-state index contributed by atoms with van der Waals surface area (Å²) in [5, 5.41) is 2.86. The SMILES string of the molecule is CN(C)[C@]1(c2ccccc2)CC[C@]2(CC1)CN(CC(=O)Nc1cc(CN)ccn1)C(=O)N2CC1CCC1. The summed E-state index contributed by atoms with van der Waals surface area (Å²) in [6.07, 6.45) is 9.08. The molecule has 0 bridgehead atoms. The van der Waals surface area contributed by atoms with E-state index in [0.717, 1.165) is 37.8 Å². The monoisotopic (exact) mass is 504 g/mol. The molecule has 8 heteroatoms. The molecular formula is C29H40N6O2. The van der Waals surface area contributed by atoms with E-state index in [9.17, 15) is 9.59 Å². The van der Waals surface area contributed by atoms with Crippen molar-refractivity contribution in [1.82, 2.24) is 19.7 Å². The fourth-order valence-electron chi connectivity index (χ4n) is 6.54. The van der Waals surface area contributed by atoms with E-state index in [1.807, 2.05) is 6.07 Å². The fourth-order valence-corrected chi connectivity index (χ4v) is 6.54. The molecule has 5 rings (SSSR count). The number of carbonyl (C=O) groups excluding carboxylic acids is 2. The second kappa shape index (κ2) is 10.4. The first-order valence-corrected chi connectivity index (χ1v) is 13.6. The van der Waals surface area contributed by atoms with Gasteiger partial charge in [-0.2, -0.15) is 0 Å². The van der Waals surface area contributed by atoms with Crippen LogP contribution in [0.25, 0.3) is 0 Å². The molecule has 1 aliphatic heterocycles. The van der Waals surface area contributed by atoms with Gasteiger partial charge in [0.25, 0.3) is 0 Å². The summed E-state index contributed by atoms with van der Waals surface area (Å²) in [5.74, 6) is 0.822. The van der Waals surface area contributed by atoms with Gasteiger partial charge in [-0.15, -0.1) is 0 Å². The van der Waals surface area contributed by atoms with Crippen LogP contribution in [0.4, 0.5) is 10.6 Å². The number of hydrogen-bond donors (Lipinski definition) is 2. The number of nitrogens with two attached hydrogens (primary N) is 1. The van der Waals surface area contributed by atoms with Crippen molar-refractivity contribution in [3.05, 3.63) is 59.8 Å². The lowest BCUT2D eigenvalue weighted by molar-refractivity contribution is -0.116. The van der Waals surface area contributed by atoms with Gasteiger partial charge >= 0.3 is 6.03 Å². The number of aromatic nitrogens is 1. The van der Waals surface area contributed by atoms with Crippen molar-refractivity contribution in [3.63, 3.8) is 0 Å². The van der Waals surface area contributed by atoms with Crippen LogP contribution in [0.3, 0.4) is 0 Å². The maximum atomic E-state index is 13.7. The molecule has 1 spiro atoms. The number of hydrogen-bond acceptors (Lipinski definition) is 5. The predicted molar refractivity (Wildman–Crippen MR) is 145 cm³/mol. The predicted octanol–water partition coefficient (Wildman–Crippen LogP) is 3.79. The van der Waals surface area contributed by atoms with Gasteiger partial charge in [0, 0.05) is 31.4 Å². The number of benzene rings is 1. The third kappa shape index (κ3) is 4.97. The summed E-state index contributed by atoms with van der Waals surface area (Å²) in [6.45, 7) is 1.82. The zero-order valence-electron chi connectivity index (χ0n) is 22.2. The zero-order chi connectivity index (χ0) is 26.0. The normalized spacial score (nSPS) is 26.1. The Morgan fingerprint density at radius 3 is 2.49 bits per heavy atom. The van der Waals surface area contributed by atoms with Gasteiger partial charge in [0.2, 0.25) is 5.91 Å². The Morgan fingerprint density at radius 1 is 1.14 bits per heavy atom. The van der Waals surface area contributed by atoms with Crippen LogP contribution in [0.15, 0.2) is 48.7 Å². The van der Waals surface area contributed by atoms with Crippen molar-refractivity contribution >= 4 is 17.8 Å². The average Bonchev–Trinajstić information content (AvgIpc) is 3.12. The number of rotatable bonds is 8. The van der Waals surface area contributed by atoms with Crippen LogP contribution in [-0.2, 0) is 16.9 Å². The van der Waals surface area contributed by atoms with Gasteiger partial charge < -0.3 is 20.9 Å². The second-order valence-electron chi connectivity index (χ2n) is 11.4. The molecule has 0 unspecified atom stereocenters. The number of nitrogens with zero attached hydrogens (tertiary/aromatic N) is 4. The first-order valence-electron chi connectivity index (χ1n) is 13.6. The molecular weight excluding hydrogens is 464 g/mol. The lowest BCUT2D eigenvalue weighted by atomic mass is 9.68. The second-order valence-corrected chi connectivity index (χ2v) is 11.4. The van der Waals surface area contributed by atoms with E-state index < -0.39 is 0 Å². The molecule has 2 aliphatic carbocycles. The van der Waals surface area contributed by atoms with Crippen LogP contribution >= 0.6 is 0 Å². The van der Waals surface area contributed by atoms with Crippen molar-refractivity contribution < 1.29 is 9.59 Å². The Kier molecular flexibility index (Phi) is 7.23. The smallest absolute Gasteiger partial charge is 0.321 e. The molecule has 2 heterocycles. The van der Waals surface area contributed by atoms with Crippen LogP contribution in [0.5, 0.6) is 0 Å². The highest BCUT2D eigenvalue weighted by molar-refractivity contribution is 5.94. The van der Waals surface area contributed by atoms with Crippen molar-refractivity contribution in [3.8, 4) is 0 Å². The first kappa shape index (κ1) is 25.7. The van der Waals surface area contributed by atoms with E-state index in [1.165, 1.54) is 24.8 Å². The lowest BCUT2D eigenvalue weighted by Crippen LogP contribution is -2.56. The summed E-state index contributed by atoms with van der Waals surface area (Å²) in [4.78, 5) is 37.2. The average molecular weight is 505 g/mol. The van der Waals surface area contributed by atoms with Crippen LogP contribution in [0.1, 0.15) is 56.1 Å². The van der Waals surface area contributed by atoms with Crippen LogP contribution in [0, 0.1) is 5.92 Å². The zero-order valence-corrected chi connectivity index (χ0v) is 22.2. The largest absolute Gasteiger partial charge is 0.326 e. The summed E-state index contributed by atoms with van der Waals surface area (Å²) in [7, 11) is 4.34. The third-order valence-corrected chi connectivity index (χ3v) is 9.06. The minimum absolute atomic E-state index is 0.00258. The Balaban J connectivity index is 1.33. The van der Waals surface area contributed by atoms with Gasteiger partial charge in [0.05, 0.1) is 5.54 Å². The summed E-state index contributed by atoms with van der Waals surface area (Å²) >= 11 is 0. The van der Waals surface area contributed by atoms with Crippen molar-refractivity contribution in [1.29, 1.82) is 0 Å². The molecule has 1 aromatic carbocycles. The number of amides is 3. The molecule has 2 saturated carbocycles. The summed E-state index contributed by atoms with van der Waals surface area (Å²) in [6, 6.07) is 14.4. The van der Waals surface area contributed by atoms with E-state index in [-0.39, 0.29) is 29.6 Å². The quantitative estimate of drug-likeness (QED) is 0.571. The van der Waals surface area contributed by atoms with Crippen LogP contribution in [0.2, 0.25) is 0 Å². The van der Waals surface area contributed by atoms with Crippen molar-refractivity contribution in [2.75, 3.05) is 39.0 Å². The minimum Gasteiger partial charge on any atom is -0.326 e. The molecule has 3 fully saturated rings. The molecule has 0 atom stereocenters. The summed E-state index contributed by atoms with van der Waals surface area (Å²) in [5.41, 5.74) is 7.70. The molecule has 1 aromatic heterocycles. The van der Waals surface area contributed by atoms with E-state index in [4.69, 9.17) is 5.73 Å². The number of urea groups is 1. The molecule has 0 radical (unpaired) electrons. The molecule has 3 N–H and O–H groups in total. The van der Waals surface area contributed by atoms with Gasteiger partial charge in [0.15, 0.2) is 0 Å². The fraction of sp³-hybridized carbons (Fsp3) is 0.552. The highest BCUT2D eigenvalue weighted by Crippen LogP contribution is 2.49. The minimum atomic E-state index is -0.224. The number of anilines is 1. The van der Waals surface area contributed by atoms with E-state index in [2.05, 4.69) is 64.5 Å². The highest BCUT2D eigenvalue weighted by atomic mass is 16.2. The highest BCUT2D eigenvalue weighted by Gasteiger charge is 2.55. The molecule has 3 amide bonds. The molecule has 8 nitrogen and oxygen atoms in total. The van der Waals surface area contributed by atoms with E-state index in [0.29, 0.717) is 24.8 Å². The first-order chi connectivity index (χ1) is 17.8. The van der Waals surface area contributed by atoms with Crippen LogP contribution in [-0.4, -0.2) is 70.9 Å². The van der Waals surface area contributed by atoms with E-state index in [1.54, 1.807) is 17.2 Å². The van der Waals surface area contributed by atoms with Gasteiger partial charge in [0.1, 0.15) is 12.4 Å². The molecule has 3 aliphatic rings. The van der Waals surface area contributed by atoms with E-state index >= 15 is 0 Å². The maximum absolute atomic E-state index is 13.7. The number of carbonyl (C=O) groups is 2. The summed E-state index contributed by atoms with van der Waals surface area (Å²) < 4.78 is 0. The van der Waals surface area contributed by atoms with Gasteiger partial charge in [-0.05, 0) is 81.8 Å². The van der Waals surface area contributed by atoms with Crippen LogP contribution < -0.4 is 11.1 Å². The van der Waals surface area contributed by atoms with Gasteiger partial charge in [-0.3, -0.25) is 9.69 Å². The maximum Gasteiger partial charge on any atom is 0.321 e.